The van der Waals surface area contributed by atoms with E-state index >= 15 is 0 Å². The minimum absolute atomic E-state index is 0.000501. The van der Waals surface area contributed by atoms with Crippen molar-refractivity contribution in [1.29, 1.82) is 0 Å². The van der Waals surface area contributed by atoms with E-state index < -0.39 is 22.6 Å². The number of esters is 1. The third kappa shape index (κ3) is 8.20. The number of likely N-dealkylation sites (N-methyl/N-ethyl adjacent to an activating group) is 1. The molecule has 1 amide bonds. The van der Waals surface area contributed by atoms with Gasteiger partial charge in [-0.25, -0.2) is 13.1 Å². The lowest BCUT2D eigenvalue weighted by atomic mass is 10.2. The normalized spacial score (nSPS) is 11.1. The molecule has 0 atom stereocenters. The molecule has 2 aromatic carbocycles. The second-order valence-electron chi connectivity index (χ2n) is 6.59. The average Bonchev–Trinajstić information content (AvgIpc) is 2.73. The van der Waals surface area contributed by atoms with Crippen molar-refractivity contribution >= 4 is 33.5 Å². The van der Waals surface area contributed by atoms with Crippen LogP contribution in [0.2, 0.25) is 5.02 Å². The molecular formula is C21H25ClN2O6S. The van der Waals surface area contributed by atoms with Crippen LogP contribution in [0.4, 0.5) is 0 Å². The zero-order valence-corrected chi connectivity index (χ0v) is 18.9. The first kappa shape index (κ1) is 24.6. The van der Waals surface area contributed by atoms with E-state index in [1.54, 1.807) is 13.1 Å². The summed E-state index contributed by atoms with van der Waals surface area (Å²) in [6, 6.07) is 13.1. The Labute approximate surface area is 187 Å². The third-order valence-electron chi connectivity index (χ3n) is 4.16. The van der Waals surface area contributed by atoms with Gasteiger partial charge in [0.2, 0.25) is 10.0 Å². The molecule has 2 rings (SSSR count). The number of halogens is 1. The molecule has 0 bridgehead atoms. The quantitative estimate of drug-likeness (QED) is 0.508. The van der Waals surface area contributed by atoms with Gasteiger partial charge in [-0.2, -0.15) is 0 Å². The summed E-state index contributed by atoms with van der Waals surface area (Å²) in [6.07, 6.45) is -0.213. The van der Waals surface area contributed by atoms with E-state index in [4.69, 9.17) is 21.1 Å². The van der Waals surface area contributed by atoms with E-state index in [0.717, 1.165) is 11.3 Å². The van der Waals surface area contributed by atoms with E-state index in [2.05, 4.69) is 4.72 Å². The van der Waals surface area contributed by atoms with Crippen molar-refractivity contribution in [1.82, 2.24) is 9.62 Å². The monoisotopic (exact) mass is 468 g/mol. The Hall–Kier alpha value is -2.62. The molecule has 8 nitrogen and oxygen atoms in total. The lowest BCUT2D eigenvalue weighted by Crippen LogP contribution is -2.31. The van der Waals surface area contributed by atoms with Crippen LogP contribution in [-0.2, 0) is 30.9 Å². The van der Waals surface area contributed by atoms with Crippen molar-refractivity contribution in [3.63, 3.8) is 0 Å². The van der Waals surface area contributed by atoms with E-state index in [9.17, 15) is 18.0 Å². The highest BCUT2D eigenvalue weighted by Gasteiger charge is 2.16. The largest absolute Gasteiger partial charge is 0.494 e. The first-order valence-electron chi connectivity index (χ1n) is 9.58. The topological polar surface area (TPSA) is 102 Å². The highest BCUT2D eigenvalue weighted by Crippen LogP contribution is 2.15. The summed E-state index contributed by atoms with van der Waals surface area (Å²) in [7, 11) is -2.19. The van der Waals surface area contributed by atoms with Gasteiger partial charge in [0.15, 0.2) is 6.61 Å². The summed E-state index contributed by atoms with van der Waals surface area (Å²) < 4.78 is 36.9. The van der Waals surface area contributed by atoms with Gasteiger partial charge in [0.25, 0.3) is 5.91 Å². The smallest absolute Gasteiger partial charge is 0.307 e. The molecule has 10 heteroatoms. The predicted octanol–water partition coefficient (Wildman–Crippen LogP) is 2.61. The second kappa shape index (κ2) is 11.7. The van der Waals surface area contributed by atoms with Crippen LogP contribution in [0, 0.1) is 0 Å². The summed E-state index contributed by atoms with van der Waals surface area (Å²) >= 11 is 5.79. The van der Waals surface area contributed by atoms with Gasteiger partial charge in [-0.3, -0.25) is 9.59 Å². The Morgan fingerprint density at radius 2 is 1.84 bits per heavy atom. The Morgan fingerprint density at radius 1 is 1.13 bits per heavy atom. The van der Waals surface area contributed by atoms with E-state index in [0.29, 0.717) is 13.2 Å². The minimum Gasteiger partial charge on any atom is -0.494 e. The van der Waals surface area contributed by atoms with Crippen molar-refractivity contribution in [2.24, 2.45) is 0 Å². The van der Waals surface area contributed by atoms with Gasteiger partial charge >= 0.3 is 5.97 Å². The number of hydrogen-bond acceptors (Lipinski definition) is 6. The van der Waals surface area contributed by atoms with Crippen molar-refractivity contribution < 1.29 is 27.5 Å². The molecular weight excluding hydrogens is 444 g/mol. The molecule has 1 N–H and O–H groups in total. The molecule has 2 aromatic rings. The van der Waals surface area contributed by atoms with Gasteiger partial charge in [0.1, 0.15) is 5.75 Å². The summed E-state index contributed by atoms with van der Waals surface area (Å²) in [4.78, 5) is 25.4. The number of amides is 1. The summed E-state index contributed by atoms with van der Waals surface area (Å²) in [5.41, 5.74) is 0.904. The number of nitrogens with one attached hydrogen (secondary N) is 1. The van der Waals surface area contributed by atoms with Gasteiger partial charge in [0.05, 0.1) is 17.9 Å². The number of ether oxygens (including phenoxy) is 2. The number of hydrogen-bond donors (Lipinski definition) is 1. The van der Waals surface area contributed by atoms with Crippen LogP contribution < -0.4 is 9.46 Å². The number of rotatable bonds is 11. The lowest BCUT2D eigenvalue weighted by molar-refractivity contribution is -0.151. The molecule has 0 aliphatic heterocycles. The molecule has 0 aliphatic carbocycles. The Bertz CT molecular complexity index is 995. The highest BCUT2D eigenvalue weighted by molar-refractivity contribution is 7.89. The Balaban J connectivity index is 1.73. The summed E-state index contributed by atoms with van der Waals surface area (Å²) in [5.74, 6) is -0.307. The molecule has 168 valence electrons. The average molecular weight is 469 g/mol. The third-order valence-corrected chi connectivity index (χ3v) is 5.86. The molecule has 0 heterocycles. The molecule has 0 fully saturated rings. The molecule has 0 aromatic heterocycles. The van der Waals surface area contributed by atoms with Crippen molar-refractivity contribution in [3.8, 4) is 5.75 Å². The van der Waals surface area contributed by atoms with Crippen molar-refractivity contribution in [3.05, 3.63) is 59.1 Å². The zero-order valence-electron chi connectivity index (χ0n) is 17.3. The van der Waals surface area contributed by atoms with Crippen molar-refractivity contribution in [2.75, 3.05) is 26.8 Å². The summed E-state index contributed by atoms with van der Waals surface area (Å²) in [6.45, 7) is 2.24. The first-order chi connectivity index (χ1) is 14.7. The maximum Gasteiger partial charge on any atom is 0.307 e. The van der Waals surface area contributed by atoms with Gasteiger partial charge in [-0.1, -0.05) is 29.8 Å². The first-order valence-corrected chi connectivity index (χ1v) is 11.4. The van der Waals surface area contributed by atoms with Crippen LogP contribution >= 0.6 is 11.6 Å². The Morgan fingerprint density at radius 3 is 2.48 bits per heavy atom. The minimum atomic E-state index is -3.79. The van der Waals surface area contributed by atoms with Gasteiger partial charge in [0, 0.05) is 25.2 Å². The maximum atomic E-state index is 12.2. The number of carbonyl (C=O) groups excluding carboxylic acids is 2. The lowest BCUT2D eigenvalue weighted by Gasteiger charge is -2.17. The van der Waals surface area contributed by atoms with Crippen LogP contribution in [0.5, 0.6) is 5.75 Å². The van der Waals surface area contributed by atoms with Crippen LogP contribution in [0.3, 0.4) is 0 Å². The molecule has 0 saturated heterocycles. The van der Waals surface area contributed by atoms with E-state index in [1.807, 2.05) is 31.2 Å². The van der Waals surface area contributed by atoms with Crippen molar-refractivity contribution in [2.45, 2.75) is 24.8 Å². The van der Waals surface area contributed by atoms with Gasteiger partial charge < -0.3 is 14.4 Å². The highest BCUT2D eigenvalue weighted by atomic mass is 35.5. The number of sulfonamides is 1. The molecule has 31 heavy (non-hydrogen) atoms. The number of benzene rings is 2. The van der Waals surface area contributed by atoms with Crippen LogP contribution in [0.15, 0.2) is 53.4 Å². The number of carbonyl (C=O) groups is 2. The molecule has 0 radical (unpaired) electrons. The fourth-order valence-electron chi connectivity index (χ4n) is 2.55. The molecule has 0 unspecified atom stereocenters. The molecule has 0 saturated carbocycles. The second-order valence-corrected chi connectivity index (χ2v) is 8.80. The van der Waals surface area contributed by atoms with Crippen LogP contribution in [-0.4, -0.2) is 52.0 Å². The van der Waals surface area contributed by atoms with E-state index in [1.165, 1.54) is 23.1 Å². The molecule has 0 spiro atoms. The molecule has 0 aliphatic rings. The standard InChI is InChI=1S/C21H25ClN2O6S/c1-3-29-18-9-7-16(8-10-18)14-24(2)20(25)15-30-21(26)11-12-23-31(27,28)19-6-4-5-17(22)13-19/h4-10,13,23H,3,11-12,14-15H2,1-2H3. The Kier molecular flexibility index (Phi) is 9.29. The van der Waals surface area contributed by atoms with Crippen LogP contribution in [0.25, 0.3) is 0 Å². The maximum absolute atomic E-state index is 12.2. The fraction of sp³-hybridized carbons (Fsp3) is 0.333. The zero-order chi connectivity index (χ0) is 22.9. The van der Waals surface area contributed by atoms with Gasteiger partial charge in [-0.05, 0) is 42.8 Å². The van der Waals surface area contributed by atoms with E-state index in [-0.39, 0.29) is 28.8 Å². The summed E-state index contributed by atoms with van der Waals surface area (Å²) in [5, 5.41) is 0.287. The number of nitrogens with zero attached hydrogens (tertiary/aromatic N) is 1. The van der Waals surface area contributed by atoms with Crippen LogP contribution in [0.1, 0.15) is 18.9 Å². The van der Waals surface area contributed by atoms with Gasteiger partial charge in [-0.15, -0.1) is 0 Å². The fourth-order valence-corrected chi connectivity index (χ4v) is 3.88. The predicted molar refractivity (Wildman–Crippen MR) is 116 cm³/mol. The SMILES string of the molecule is CCOc1ccc(CN(C)C(=O)COC(=O)CCNS(=O)(=O)c2cccc(Cl)c2)cc1.